The van der Waals surface area contributed by atoms with E-state index in [1.54, 1.807) is 11.3 Å². The molecule has 4 nitrogen and oxygen atoms in total. The maximum Gasteiger partial charge on any atom is 0.150 e. The summed E-state index contributed by atoms with van der Waals surface area (Å²) in [6.45, 7) is 0. The minimum Gasteiger partial charge on any atom is -0.354 e. The highest BCUT2D eigenvalue weighted by Crippen LogP contribution is 2.42. The Kier molecular flexibility index (Phi) is 6.32. The Balaban J connectivity index is 1.18. The number of benzene rings is 7. The molecule has 5 heteroatoms. The highest BCUT2D eigenvalue weighted by Gasteiger charge is 2.20. The number of hydrogen-bond donors (Lipinski definition) is 1. The molecule has 0 spiro atoms. The van der Waals surface area contributed by atoms with Crippen LogP contribution in [0.5, 0.6) is 0 Å². The molecule has 0 saturated heterocycles. The number of hydrogen-bond acceptors (Lipinski definition) is 3. The molecular weight excluding hydrogens is 617 g/mol. The van der Waals surface area contributed by atoms with Gasteiger partial charge < -0.3 is 9.55 Å². The maximum atomic E-state index is 4.82. The third kappa shape index (κ3) is 4.59. The predicted octanol–water partition coefficient (Wildman–Crippen LogP) is 11.9. The van der Waals surface area contributed by atoms with E-state index in [0.717, 1.165) is 48.9 Å². The van der Waals surface area contributed by atoms with Gasteiger partial charge in [-0.15, -0.1) is 10.2 Å². The van der Waals surface area contributed by atoms with E-state index in [0.29, 0.717) is 0 Å². The minimum absolute atomic E-state index is 0.892. The van der Waals surface area contributed by atoms with Crippen molar-refractivity contribution in [2.75, 3.05) is 0 Å². The predicted molar refractivity (Wildman–Crippen MR) is 205 cm³/mol. The number of fused-ring (bicyclic) bond motifs is 6. The van der Waals surface area contributed by atoms with Gasteiger partial charge in [-0.25, -0.2) is 0 Å². The lowest BCUT2D eigenvalue weighted by molar-refractivity contribution is 1.10. The molecule has 0 saturated carbocycles. The second kappa shape index (κ2) is 11.2. The van der Waals surface area contributed by atoms with E-state index < -0.39 is 0 Å². The van der Waals surface area contributed by atoms with Crippen LogP contribution in [0.2, 0.25) is 0 Å². The Labute approximate surface area is 286 Å². The molecule has 10 aromatic rings. The molecule has 0 aliphatic heterocycles. The maximum absolute atomic E-state index is 4.82. The normalized spacial score (nSPS) is 11.7. The fourth-order valence-corrected chi connectivity index (χ4v) is 8.10. The summed E-state index contributed by atoms with van der Waals surface area (Å²) in [6.07, 6.45) is 0. The summed E-state index contributed by atoms with van der Waals surface area (Å²) < 4.78 is 2.41. The van der Waals surface area contributed by atoms with E-state index in [1.165, 1.54) is 43.8 Å². The van der Waals surface area contributed by atoms with E-state index in [-0.39, 0.29) is 0 Å². The van der Waals surface area contributed by atoms with Crippen molar-refractivity contribution in [3.8, 4) is 49.1 Å². The van der Waals surface area contributed by atoms with E-state index in [9.17, 15) is 0 Å². The molecule has 3 heterocycles. The summed E-state index contributed by atoms with van der Waals surface area (Å²) in [7, 11) is 0. The zero-order chi connectivity index (χ0) is 32.3. The van der Waals surface area contributed by atoms with Crippen molar-refractivity contribution in [2.24, 2.45) is 0 Å². The molecule has 0 aliphatic rings. The Bertz CT molecular complexity index is 2770. The van der Waals surface area contributed by atoms with Crippen LogP contribution in [0.3, 0.4) is 0 Å². The highest BCUT2D eigenvalue weighted by atomic mass is 32.1. The zero-order valence-electron chi connectivity index (χ0n) is 26.3. The molecular formula is C44H28N4S. The van der Waals surface area contributed by atoms with Crippen LogP contribution in [0.25, 0.3) is 92.7 Å². The average Bonchev–Trinajstić information content (AvgIpc) is 3.90. The molecule has 0 radical (unpaired) electrons. The van der Waals surface area contributed by atoms with Gasteiger partial charge in [0, 0.05) is 49.4 Å². The standard InChI is InChI=1S/C44H28N4S/c1-3-12-28(13-4-1)31-24-32(29-14-5-2-6-15-29)26-33(25-31)48-41-21-10-8-17-36(41)37-18-11-19-38(42(37)48)44-47-46-43(49-44)30-22-23-35-34-16-7-9-20-39(34)45-40(35)27-30/h1-27,45H. The quantitative estimate of drug-likeness (QED) is 0.203. The Morgan fingerprint density at radius 1 is 0.429 bits per heavy atom. The van der Waals surface area contributed by atoms with Gasteiger partial charge in [0.2, 0.25) is 0 Å². The Hall–Kier alpha value is -6.30. The van der Waals surface area contributed by atoms with Gasteiger partial charge in [-0.1, -0.05) is 133 Å². The molecule has 0 amide bonds. The van der Waals surface area contributed by atoms with Gasteiger partial charge >= 0.3 is 0 Å². The van der Waals surface area contributed by atoms with Gasteiger partial charge in [0.05, 0.1) is 11.0 Å². The molecule has 0 aliphatic carbocycles. The summed E-state index contributed by atoms with van der Waals surface area (Å²) in [5.74, 6) is 0. The number of para-hydroxylation sites is 3. The van der Waals surface area contributed by atoms with Crippen LogP contribution in [0.1, 0.15) is 0 Å². The number of nitrogens with zero attached hydrogens (tertiary/aromatic N) is 3. The second-order valence-corrected chi connectivity index (χ2v) is 13.4. The first kappa shape index (κ1) is 27.8. The van der Waals surface area contributed by atoms with Crippen molar-refractivity contribution in [3.63, 3.8) is 0 Å². The SMILES string of the molecule is c1ccc(-c2cc(-c3ccccc3)cc(-n3c4ccccc4c4cccc(-c5nnc(-c6ccc7c(c6)[nH]c6ccccc67)s5)c43)c2)cc1. The van der Waals surface area contributed by atoms with Crippen LogP contribution in [0.4, 0.5) is 0 Å². The first-order chi connectivity index (χ1) is 24.3. The van der Waals surface area contributed by atoms with Gasteiger partial charge in [-0.3, -0.25) is 0 Å². The van der Waals surface area contributed by atoms with Crippen molar-refractivity contribution in [2.45, 2.75) is 0 Å². The smallest absolute Gasteiger partial charge is 0.150 e. The van der Waals surface area contributed by atoms with Crippen molar-refractivity contribution >= 4 is 54.9 Å². The van der Waals surface area contributed by atoms with Gasteiger partial charge in [-0.2, -0.15) is 0 Å². The third-order valence-electron chi connectivity index (χ3n) is 9.49. The fraction of sp³-hybridized carbons (Fsp3) is 0. The van der Waals surface area contributed by atoms with Crippen molar-refractivity contribution in [1.82, 2.24) is 19.7 Å². The third-order valence-corrected chi connectivity index (χ3v) is 10.5. The van der Waals surface area contributed by atoms with Gasteiger partial charge in [-0.05, 0) is 64.7 Å². The first-order valence-corrected chi connectivity index (χ1v) is 17.2. The first-order valence-electron chi connectivity index (χ1n) is 16.4. The summed E-state index contributed by atoms with van der Waals surface area (Å²) >= 11 is 1.63. The number of rotatable bonds is 5. The zero-order valence-corrected chi connectivity index (χ0v) is 27.2. The number of nitrogens with one attached hydrogen (secondary N) is 1. The topological polar surface area (TPSA) is 46.5 Å². The lowest BCUT2D eigenvalue weighted by atomic mass is 9.98. The lowest BCUT2D eigenvalue weighted by Gasteiger charge is -2.15. The molecule has 0 atom stereocenters. The minimum atomic E-state index is 0.892. The highest BCUT2D eigenvalue weighted by molar-refractivity contribution is 7.18. The van der Waals surface area contributed by atoms with E-state index in [4.69, 9.17) is 10.2 Å². The molecule has 1 N–H and O–H groups in total. The summed E-state index contributed by atoms with van der Waals surface area (Å²) in [4.78, 5) is 3.58. The van der Waals surface area contributed by atoms with Crippen molar-refractivity contribution in [1.29, 1.82) is 0 Å². The van der Waals surface area contributed by atoms with Gasteiger partial charge in [0.15, 0.2) is 0 Å². The Morgan fingerprint density at radius 3 is 1.84 bits per heavy atom. The molecule has 10 rings (SSSR count). The molecule has 3 aromatic heterocycles. The summed E-state index contributed by atoms with van der Waals surface area (Å²) in [6, 6.07) is 58.4. The fourth-order valence-electron chi connectivity index (χ4n) is 7.23. The van der Waals surface area contributed by atoms with Crippen LogP contribution >= 0.6 is 11.3 Å². The molecule has 230 valence electrons. The van der Waals surface area contributed by atoms with Gasteiger partial charge in [0.1, 0.15) is 10.0 Å². The van der Waals surface area contributed by atoms with Crippen LogP contribution in [-0.2, 0) is 0 Å². The Morgan fingerprint density at radius 2 is 1.06 bits per heavy atom. The molecule has 0 fully saturated rings. The largest absolute Gasteiger partial charge is 0.354 e. The average molecular weight is 645 g/mol. The van der Waals surface area contributed by atoms with Gasteiger partial charge in [0.25, 0.3) is 0 Å². The van der Waals surface area contributed by atoms with Crippen molar-refractivity contribution < 1.29 is 0 Å². The monoisotopic (exact) mass is 644 g/mol. The number of aromatic amines is 1. The van der Waals surface area contributed by atoms with E-state index >= 15 is 0 Å². The number of aromatic nitrogens is 4. The lowest BCUT2D eigenvalue weighted by Crippen LogP contribution is -1.97. The van der Waals surface area contributed by atoms with Crippen LogP contribution in [0, 0.1) is 0 Å². The molecule has 0 bridgehead atoms. The van der Waals surface area contributed by atoms with Crippen molar-refractivity contribution in [3.05, 3.63) is 164 Å². The van der Waals surface area contributed by atoms with Crippen LogP contribution < -0.4 is 0 Å². The molecule has 49 heavy (non-hydrogen) atoms. The van der Waals surface area contributed by atoms with Crippen LogP contribution in [-0.4, -0.2) is 19.7 Å². The summed E-state index contributed by atoms with van der Waals surface area (Å²) in [5.41, 5.74) is 12.5. The second-order valence-electron chi connectivity index (χ2n) is 12.4. The number of H-pyrrole nitrogens is 1. The molecule has 7 aromatic carbocycles. The van der Waals surface area contributed by atoms with Crippen LogP contribution in [0.15, 0.2) is 164 Å². The molecule has 0 unspecified atom stereocenters. The van der Waals surface area contributed by atoms with E-state index in [2.05, 4.69) is 173 Å². The summed E-state index contributed by atoms with van der Waals surface area (Å²) in [5, 5.41) is 16.2. The van der Waals surface area contributed by atoms with E-state index in [1.807, 2.05) is 0 Å².